The topological polar surface area (TPSA) is 92.4 Å². The number of amides is 1. The molecule has 94 valence electrons. The van der Waals surface area contributed by atoms with Crippen LogP contribution in [0.2, 0.25) is 0 Å². The summed E-state index contributed by atoms with van der Waals surface area (Å²) < 4.78 is 0. The number of benzene rings is 1. The van der Waals surface area contributed by atoms with Gasteiger partial charge in [-0.2, -0.15) is 0 Å². The number of carbonyl (C=O) groups excluding carboxylic acids is 1. The summed E-state index contributed by atoms with van der Waals surface area (Å²) in [6, 6.07) is 5.51. The third kappa shape index (κ3) is 3.92. The van der Waals surface area contributed by atoms with Crippen LogP contribution in [0.3, 0.4) is 0 Å². The first kappa shape index (κ1) is 13.7. The Labute approximate surface area is 105 Å². The lowest BCUT2D eigenvalue weighted by Gasteiger charge is -2.09. The van der Waals surface area contributed by atoms with E-state index in [2.05, 4.69) is 11.2 Å². The Bertz CT molecular complexity index is 474. The van der Waals surface area contributed by atoms with Gasteiger partial charge in [-0.05, 0) is 17.7 Å². The molecule has 1 aromatic carbocycles. The second kappa shape index (κ2) is 6.42. The molecular formula is C13H14N2O3. The van der Waals surface area contributed by atoms with E-state index in [-0.39, 0.29) is 24.4 Å². The highest BCUT2D eigenvalue weighted by Crippen LogP contribution is 2.04. The first-order chi connectivity index (χ1) is 8.54. The van der Waals surface area contributed by atoms with Crippen LogP contribution in [0.5, 0.6) is 0 Å². The molecular weight excluding hydrogens is 232 g/mol. The van der Waals surface area contributed by atoms with Gasteiger partial charge in [0, 0.05) is 13.0 Å². The van der Waals surface area contributed by atoms with Crippen LogP contribution in [0.4, 0.5) is 0 Å². The molecule has 0 bridgehead atoms. The van der Waals surface area contributed by atoms with E-state index < -0.39 is 12.0 Å². The number of hydrogen-bond acceptors (Lipinski definition) is 3. The number of terminal acetylenes is 1. The Morgan fingerprint density at radius 1 is 1.39 bits per heavy atom. The molecule has 0 radical (unpaired) electrons. The molecule has 18 heavy (non-hydrogen) atoms. The zero-order chi connectivity index (χ0) is 13.5. The second-order valence-corrected chi connectivity index (χ2v) is 3.73. The smallest absolute Gasteiger partial charge is 0.335 e. The highest BCUT2D eigenvalue weighted by atomic mass is 16.4. The number of aromatic carboxylic acids is 1. The summed E-state index contributed by atoms with van der Waals surface area (Å²) in [6.45, 7) is 0.289. The average Bonchev–Trinajstić information content (AvgIpc) is 2.36. The van der Waals surface area contributed by atoms with E-state index in [1.54, 1.807) is 12.1 Å². The van der Waals surface area contributed by atoms with E-state index in [0.717, 1.165) is 5.56 Å². The van der Waals surface area contributed by atoms with Crippen molar-refractivity contribution in [2.24, 2.45) is 5.73 Å². The summed E-state index contributed by atoms with van der Waals surface area (Å²) in [4.78, 5) is 22.1. The second-order valence-electron chi connectivity index (χ2n) is 3.73. The summed E-state index contributed by atoms with van der Waals surface area (Å²) in [5.74, 6) is 1.01. The maximum absolute atomic E-state index is 11.5. The number of rotatable bonds is 5. The molecule has 0 spiro atoms. The maximum Gasteiger partial charge on any atom is 0.335 e. The van der Waals surface area contributed by atoms with Gasteiger partial charge in [0.25, 0.3) is 0 Å². The van der Waals surface area contributed by atoms with Gasteiger partial charge in [-0.25, -0.2) is 4.79 Å². The number of hydrogen-bond donors (Lipinski definition) is 3. The Morgan fingerprint density at radius 3 is 2.50 bits per heavy atom. The van der Waals surface area contributed by atoms with Crippen molar-refractivity contribution >= 4 is 11.9 Å². The molecule has 0 aromatic heterocycles. The van der Waals surface area contributed by atoms with Crippen LogP contribution < -0.4 is 11.1 Å². The first-order valence-electron chi connectivity index (χ1n) is 5.33. The van der Waals surface area contributed by atoms with Crippen molar-refractivity contribution in [3.8, 4) is 12.3 Å². The monoisotopic (exact) mass is 246 g/mol. The lowest BCUT2D eigenvalue weighted by atomic mass is 10.1. The van der Waals surface area contributed by atoms with Crippen molar-refractivity contribution in [3.05, 3.63) is 35.4 Å². The van der Waals surface area contributed by atoms with E-state index in [9.17, 15) is 9.59 Å². The minimum Gasteiger partial charge on any atom is -0.478 e. The Morgan fingerprint density at radius 2 is 2.00 bits per heavy atom. The molecule has 1 rings (SSSR count). The molecule has 1 amide bonds. The SMILES string of the molecule is C#CCC(N)C(=O)NCc1ccc(C(=O)O)cc1. The van der Waals surface area contributed by atoms with Crippen LogP contribution in [0.15, 0.2) is 24.3 Å². The van der Waals surface area contributed by atoms with Gasteiger partial charge in [0.15, 0.2) is 0 Å². The van der Waals surface area contributed by atoms with Crippen molar-refractivity contribution in [1.29, 1.82) is 0 Å². The fourth-order valence-corrected chi connectivity index (χ4v) is 1.31. The molecule has 1 aromatic rings. The van der Waals surface area contributed by atoms with Crippen LogP contribution in [-0.4, -0.2) is 23.0 Å². The number of carboxylic acid groups (broad SMARTS) is 1. The van der Waals surface area contributed by atoms with E-state index in [1.807, 2.05) is 0 Å². The van der Waals surface area contributed by atoms with Gasteiger partial charge in [0.2, 0.25) is 5.91 Å². The average molecular weight is 246 g/mol. The van der Waals surface area contributed by atoms with Gasteiger partial charge in [0.05, 0.1) is 11.6 Å². The van der Waals surface area contributed by atoms with Crippen LogP contribution in [0.25, 0.3) is 0 Å². The normalized spacial score (nSPS) is 11.3. The fourth-order valence-electron chi connectivity index (χ4n) is 1.31. The van der Waals surface area contributed by atoms with E-state index in [0.29, 0.717) is 0 Å². The van der Waals surface area contributed by atoms with Crippen molar-refractivity contribution in [2.75, 3.05) is 0 Å². The van der Waals surface area contributed by atoms with E-state index in [1.165, 1.54) is 12.1 Å². The standard InChI is InChI=1S/C13H14N2O3/c1-2-3-11(14)12(16)15-8-9-4-6-10(7-5-9)13(17)18/h1,4-7,11H,3,8,14H2,(H,15,16)(H,17,18). The summed E-state index contributed by atoms with van der Waals surface area (Å²) in [5.41, 5.74) is 6.52. The van der Waals surface area contributed by atoms with Crippen LogP contribution in [-0.2, 0) is 11.3 Å². The third-order valence-electron chi connectivity index (χ3n) is 2.34. The molecule has 0 aliphatic rings. The van der Waals surface area contributed by atoms with E-state index in [4.69, 9.17) is 17.3 Å². The Hall–Kier alpha value is -2.32. The quantitative estimate of drug-likeness (QED) is 0.654. The zero-order valence-corrected chi connectivity index (χ0v) is 9.72. The molecule has 1 unspecified atom stereocenters. The van der Waals surface area contributed by atoms with Crippen molar-refractivity contribution in [1.82, 2.24) is 5.32 Å². The third-order valence-corrected chi connectivity index (χ3v) is 2.34. The number of nitrogens with two attached hydrogens (primary N) is 1. The number of carbonyl (C=O) groups is 2. The minimum absolute atomic E-state index is 0.184. The molecule has 0 fully saturated rings. The molecule has 0 aliphatic carbocycles. The maximum atomic E-state index is 11.5. The summed E-state index contributed by atoms with van der Waals surface area (Å²) in [7, 11) is 0. The molecule has 0 saturated carbocycles. The number of carboxylic acids is 1. The molecule has 0 heterocycles. The molecule has 1 atom stereocenters. The largest absolute Gasteiger partial charge is 0.478 e. The highest BCUT2D eigenvalue weighted by molar-refractivity contribution is 5.87. The zero-order valence-electron chi connectivity index (χ0n) is 9.72. The van der Waals surface area contributed by atoms with Gasteiger partial charge in [0.1, 0.15) is 0 Å². The predicted molar refractivity (Wildman–Crippen MR) is 66.7 cm³/mol. The molecule has 0 aliphatic heterocycles. The van der Waals surface area contributed by atoms with Gasteiger partial charge in [-0.3, -0.25) is 4.79 Å². The Kier molecular flexibility index (Phi) is 4.90. The van der Waals surface area contributed by atoms with Crippen molar-refractivity contribution in [2.45, 2.75) is 19.0 Å². The molecule has 4 N–H and O–H groups in total. The van der Waals surface area contributed by atoms with Crippen molar-refractivity contribution < 1.29 is 14.7 Å². The van der Waals surface area contributed by atoms with Gasteiger partial charge in [-0.1, -0.05) is 12.1 Å². The van der Waals surface area contributed by atoms with Crippen LogP contribution >= 0.6 is 0 Å². The summed E-state index contributed by atoms with van der Waals surface area (Å²) in [6.07, 6.45) is 5.24. The van der Waals surface area contributed by atoms with Crippen LogP contribution in [0.1, 0.15) is 22.3 Å². The molecule has 0 saturated heterocycles. The first-order valence-corrected chi connectivity index (χ1v) is 5.33. The lowest BCUT2D eigenvalue weighted by Crippen LogP contribution is -2.39. The van der Waals surface area contributed by atoms with Gasteiger partial charge in [-0.15, -0.1) is 12.3 Å². The molecule has 5 heteroatoms. The van der Waals surface area contributed by atoms with Gasteiger partial charge < -0.3 is 16.2 Å². The van der Waals surface area contributed by atoms with Crippen molar-refractivity contribution in [3.63, 3.8) is 0 Å². The van der Waals surface area contributed by atoms with Crippen LogP contribution in [0, 0.1) is 12.3 Å². The van der Waals surface area contributed by atoms with E-state index >= 15 is 0 Å². The predicted octanol–water partition coefficient (Wildman–Crippen LogP) is 0.352. The number of nitrogens with one attached hydrogen (secondary N) is 1. The summed E-state index contributed by atoms with van der Waals surface area (Å²) >= 11 is 0. The fraction of sp³-hybridized carbons (Fsp3) is 0.231. The van der Waals surface area contributed by atoms with Gasteiger partial charge >= 0.3 is 5.97 Å². The highest BCUT2D eigenvalue weighted by Gasteiger charge is 2.11. The summed E-state index contributed by atoms with van der Waals surface area (Å²) in [5, 5.41) is 11.3. The lowest BCUT2D eigenvalue weighted by molar-refractivity contribution is -0.122. The Balaban J connectivity index is 2.51. The molecule has 5 nitrogen and oxygen atoms in total. The minimum atomic E-state index is -0.985.